The molecule has 0 radical (unpaired) electrons. The van der Waals surface area contributed by atoms with Crippen LogP contribution in [0.2, 0.25) is 0 Å². The Labute approximate surface area is 215 Å². The summed E-state index contributed by atoms with van der Waals surface area (Å²) < 4.78 is 0. The zero-order valence-electron chi connectivity index (χ0n) is 21.0. The van der Waals surface area contributed by atoms with Crippen molar-refractivity contribution in [3.05, 3.63) is 65.6 Å². The Morgan fingerprint density at radius 1 is 1.14 bits per heavy atom. The molecule has 1 aliphatic carbocycles. The molecule has 3 heterocycles. The smallest absolute Gasteiger partial charge is 0.248 e. The molecule has 9 heteroatoms. The number of nitriles is 1. The molecule has 3 aliphatic rings. The fourth-order valence-corrected chi connectivity index (χ4v) is 5.76. The Kier molecular flexibility index (Phi) is 5.89. The number of aryl methyl sites for hydroxylation is 1. The summed E-state index contributed by atoms with van der Waals surface area (Å²) in [5.74, 6) is 0.625. The predicted octanol–water partition coefficient (Wildman–Crippen LogP) is 4.35. The molecule has 2 aliphatic heterocycles. The summed E-state index contributed by atoms with van der Waals surface area (Å²) in [5, 5.41) is 24.4. The number of nitrogens with zero attached hydrogens (tertiary/aromatic N) is 5. The average Bonchev–Trinajstić information content (AvgIpc) is 3.39. The van der Waals surface area contributed by atoms with Gasteiger partial charge in [-0.25, -0.2) is 4.99 Å². The van der Waals surface area contributed by atoms with Crippen molar-refractivity contribution in [1.82, 2.24) is 20.4 Å². The molecule has 6 rings (SSSR count). The number of hydrogen-bond donors (Lipinski definition) is 3. The fourth-order valence-electron chi connectivity index (χ4n) is 5.76. The predicted molar refractivity (Wildman–Crippen MR) is 144 cm³/mol. The van der Waals surface area contributed by atoms with E-state index in [1.165, 1.54) is 19.3 Å². The lowest BCUT2D eigenvalue weighted by molar-refractivity contribution is -0.127. The highest BCUT2D eigenvalue weighted by Gasteiger charge is 2.46. The van der Waals surface area contributed by atoms with Crippen LogP contribution in [0.5, 0.6) is 0 Å². The minimum absolute atomic E-state index is 0.000338. The number of carbonyl (C=O) groups excluding carboxylic acids is 1. The van der Waals surface area contributed by atoms with E-state index < -0.39 is 0 Å². The van der Waals surface area contributed by atoms with Gasteiger partial charge in [-0.15, -0.1) is 0 Å². The molecule has 37 heavy (non-hydrogen) atoms. The van der Waals surface area contributed by atoms with Crippen molar-refractivity contribution >= 4 is 34.1 Å². The molecule has 1 unspecified atom stereocenters. The van der Waals surface area contributed by atoms with Crippen LogP contribution in [0.4, 0.5) is 11.4 Å². The van der Waals surface area contributed by atoms with Gasteiger partial charge < -0.3 is 10.6 Å². The number of aromatic amines is 1. The minimum Gasteiger partial charge on any atom is -0.331 e. The molecule has 9 nitrogen and oxygen atoms in total. The molecule has 0 bridgehead atoms. The van der Waals surface area contributed by atoms with Crippen molar-refractivity contribution in [2.45, 2.75) is 64.2 Å². The number of aliphatic imine (C=N–C) groups is 1. The summed E-state index contributed by atoms with van der Waals surface area (Å²) in [4.78, 5) is 23.0. The van der Waals surface area contributed by atoms with Crippen LogP contribution < -0.4 is 15.5 Å². The van der Waals surface area contributed by atoms with Crippen molar-refractivity contribution < 1.29 is 4.79 Å². The number of hydrogen-bond acceptors (Lipinski definition) is 7. The maximum absolute atomic E-state index is 13.8. The molecular weight excluding hydrogens is 464 g/mol. The molecule has 0 spiro atoms. The minimum atomic E-state index is -0.345. The van der Waals surface area contributed by atoms with Gasteiger partial charge in [0.15, 0.2) is 0 Å². The van der Waals surface area contributed by atoms with Gasteiger partial charge in [0.1, 0.15) is 6.17 Å². The van der Waals surface area contributed by atoms with Crippen LogP contribution >= 0.6 is 0 Å². The van der Waals surface area contributed by atoms with Crippen molar-refractivity contribution in [2.75, 3.05) is 10.2 Å². The van der Waals surface area contributed by atoms with Crippen molar-refractivity contribution in [1.29, 1.82) is 5.26 Å². The van der Waals surface area contributed by atoms with E-state index in [1.54, 1.807) is 17.2 Å². The molecule has 2 aromatic carbocycles. The first kappa shape index (κ1) is 23.3. The summed E-state index contributed by atoms with van der Waals surface area (Å²) in [7, 11) is 0. The number of benzene rings is 2. The van der Waals surface area contributed by atoms with Gasteiger partial charge in [0.2, 0.25) is 11.9 Å². The lowest BCUT2D eigenvalue weighted by Gasteiger charge is -2.49. The number of anilines is 2. The Balaban J connectivity index is 1.38. The Morgan fingerprint density at radius 2 is 1.97 bits per heavy atom. The van der Waals surface area contributed by atoms with E-state index in [0.717, 1.165) is 40.7 Å². The highest BCUT2D eigenvalue weighted by atomic mass is 16.2. The maximum Gasteiger partial charge on any atom is 0.248 e. The second-order valence-corrected chi connectivity index (χ2v) is 10.1. The van der Waals surface area contributed by atoms with Gasteiger partial charge in [-0.05, 0) is 62.6 Å². The summed E-state index contributed by atoms with van der Waals surface area (Å²) in [5.41, 5.74) is 4.79. The number of amides is 1. The van der Waals surface area contributed by atoms with Gasteiger partial charge in [-0.2, -0.15) is 10.4 Å². The van der Waals surface area contributed by atoms with Crippen molar-refractivity contribution in [3.8, 4) is 6.07 Å². The van der Waals surface area contributed by atoms with E-state index in [2.05, 4.69) is 31.8 Å². The number of guanidine groups is 1. The van der Waals surface area contributed by atoms with Gasteiger partial charge in [-0.3, -0.25) is 19.7 Å². The van der Waals surface area contributed by atoms with Crippen LogP contribution in [0, 0.1) is 18.3 Å². The Bertz CT molecular complexity index is 1460. The van der Waals surface area contributed by atoms with E-state index in [0.29, 0.717) is 23.3 Å². The second kappa shape index (κ2) is 9.37. The zero-order chi connectivity index (χ0) is 25.5. The number of rotatable bonds is 3. The Hall–Kier alpha value is -4.16. The first-order valence-corrected chi connectivity index (χ1v) is 12.9. The monoisotopic (exact) mass is 494 g/mol. The highest BCUT2D eigenvalue weighted by molar-refractivity contribution is 6.03. The van der Waals surface area contributed by atoms with Gasteiger partial charge >= 0.3 is 0 Å². The third-order valence-electron chi connectivity index (χ3n) is 7.74. The van der Waals surface area contributed by atoms with Gasteiger partial charge in [0.05, 0.1) is 40.8 Å². The van der Waals surface area contributed by atoms with E-state index in [9.17, 15) is 10.1 Å². The van der Waals surface area contributed by atoms with E-state index in [-0.39, 0.29) is 18.1 Å². The molecule has 1 aromatic heterocycles. The van der Waals surface area contributed by atoms with Gasteiger partial charge in [0.25, 0.3) is 0 Å². The van der Waals surface area contributed by atoms with Crippen LogP contribution in [0.1, 0.15) is 50.2 Å². The third kappa shape index (κ3) is 4.13. The summed E-state index contributed by atoms with van der Waals surface area (Å²) in [6.45, 7) is 3.89. The quantitative estimate of drug-likeness (QED) is 0.499. The molecule has 1 amide bonds. The lowest BCUT2D eigenvalue weighted by Crippen LogP contribution is -2.64. The topological polar surface area (TPSA) is 112 Å². The number of fused-ring (bicyclic) bond motifs is 2. The second-order valence-electron chi connectivity index (χ2n) is 10.1. The van der Waals surface area contributed by atoms with E-state index in [4.69, 9.17) is 4.99 Å². The fraction of sp³-hybridized carbons (Fsp3) is 0.357. The molecule has 2 fully saturated rings. The van der Waals surface area contributed by atoms with Gasteiger partial charge in [0, 0.05) is 23.3 Å². The largest absolute Gasteiger partial charge is 0.331 e. The average molecular weight is 495 g/mol. The van der Waals surface area contributed by atoms with Crippen LogP contribution in [0.15, 0.2) is 59.5 Å². The van der Waals surface area contributed by atoms with Crippen LogP contribution in [0.25, 0.3) is 10.9 Å². The number of carbonyl (C=O) groups is 1. The number of nitrogens with one attached hydrogen (secondary N) is 3. The molecule has 2 atom stereocenters. The highest BCUT2D eigenvalue weighted by Crippen LogP contribution is 2.37. The number of aromatic nitrogens is 2. The summed E-state index contributed by atoms with van der Waals surface area (Å²) >= 11 is 0. The van der Waals surface area contributed by atoms with Gasteiger partial charge in [-0.1, -0.05) is 25.3 Å². The third-order valence-corrected chi connectivity index (χ3v) is 7.74. The van der Waals surface area contributed by atoms with Crippen LogP contribution in [0.3, 0.4) is 0 Å². The molecule has 3 N–H and O–H groups in total. The van der Waals surface area contributed by atoms with Crippen LogP contribution in [-0.2, 0) is 4.79 Å². The molecular formula is C28H30N8O. The van der Waals surface area contributed by atoms with E-state index >= 15 is 0 Å². The van der Waals surface area contributed by atoms with Crippen molar-refractivity contribution in [2.24, 2.45) is 4.99 Å². The van der Waals surface area contributed by atoms with Crippen LogP contribution in [-0.4, -0.2) is 45.2 Å². The molecule has 1 saturated heterocycles. The maximum atomic E-state index is 13.8. The standard InChI is InChI=1S/C28H30N8O/c1-17-8-10-23(13-19(17)14-29)36-25-16-30-28(32-21-9-11-24-20(12-21)15-31-34-24)33-26(25)35(18(2)27(36)37)22-6-4-3-5-7-22/h8-13,15-16,18,22,26H,3-7H2,1-2H3,(H,31,34)(H2,30,32,33)/t18-,26?/m1/s1. The molecule has 1 saturated carbocycles. The first-order chi connectivity index (χ1) is 18.0. The first-order valence-electron chi connectivity index (χ1n) is 12.9. The lowest BCUT2D eigenvalue weighted by atomic mass is 9.91. The van der Waals surface area contributed by atoms with Crippen molar-refractivity contribution in [3.63, 3.8) is 0 Å². The normalized spacial score (nSPS) is 22.6. The molecule has 3 aromatic rings. The molecule has 188 valence electrons. The summed E-state index contributed by atoms with van der Waals surface area (Å²) in [6.07, 6.45) is 9.04. The number of H-pyrrole nitrogens is 1. The SMILES string of the molecule is Cc1ccc(N2C(=O)[C@@H](C)N(C3CCCCC3)C3N=C(Nc4ccc5[nH]ncc5c4)NC=C32)cc1C#N. The zero-order valence-corrected chi connectivity index (χ0v) is 21.0. The number of piperazine rings is 1. The summed E-state index contributed by atoms with van der Waals surface area (Å²) in [6, 6.07) is 13.8. The Morgan fingerprint density at radius 3 is 2.78 bits per heavy atom. The van der Waals surface area contributed by atoms with E-state index in [1.807, 2.05) is 50.4 Å².